The number of rotatable bonds is 40. The van der Waals surface area contributed by atoms with E-state index in [9.17, 15) is 98.1 Å². The van der Waals surface area contributed by atoms with Gasteiger partial charge in [0.2, 0.25) is 70.9 Å². The first-order valence-electron chi connectivity index (χ1n) is 27.7. The summed E-state index contributed by atoms with van der Waals surface area (Å²) in [5.41, 5.74) is 22.0. The van der Waals surface area contributed by atoms with Gasteiger partial charge in [-0.15, -0.1) is 0 Å². The minimum absolute atomic E-state index is 0.0159. The number of primary amides is 1. The number of benzene rings is 1. The maximum absolute atomic E-state index is 13.8. The molecule has 12 atom stereocenters. The number of aromatic hydroxyl groups is 1. The van der Waals surface area contributed by atoms with Crippen molar-refractivity contribution in [2.24, 2.45) is 39.8 Å². The second-order valence-electron chi connectivity index (χ2n) is 21.0. The standard InChI is InChI=1S/C52H86N16O20/c1-23(2)16-31(43(79)59-26(6)51(87)88)61-44(80)32(17-27-9-11-28(74)12-10-27)62-46(82)34(19-70)65-47(83)35(20-71)66-48(84)36(21-72)67-50(86)39(24(3)4)68-49(85)37(22-73)64-42(78)30(13-14-38(54)75)60-45(81)33(18-69)63-40(76)25(5)58-41(77)29(53)8-7-15-57-52(55)56/h9-12,23-26,29-37,39,69-74H,7-8,13-22,53H2,1-6H3,(H2,54,75)(H,58,77)(H,59,79)(H,60,81)(H,61,80)(H,62,82)(H,63,76)(H,64,78)(H,65,83)(H,66,84)(H,67,86)(H,68,85)(H,87,88)(H4,55,56,57)/t25-,26-,29-,30-,31-,32-,33-,34-,35-,36-,37-,39-/m0/s1. The zero-order chi connectivity index (χ0) is 67.1. The van der Waals surface area contributed by atoms with Crippen LogP contribution in [-0.2, 0) is 68.7 Å². The van der Waals surface area contributed by atoms with E-state index in [1.165, 1.54) is 52.0 Å². The molecule has 1 aromatic rings. The minimum atomic E-state index is -1.97. The summed E-state index contributed by atoms with van der Waals surface area (Å²) < 4.78 is 0. The molecule has 36 nitrogen and oxygen atoms in total. The molecular weight excluding hydrogens is 1170 g/mol. The highest BCUT2D eigenvalue weighted by Gasteiger charge is 2.37. The Balaban J connectivity index is 3.20. The fourth-order valence-electron chi connectivity index (χ4n) is 7.70. The number of nitrogens with one attached hydrogen (secondary N) is 11. The number of hydrogen-bond donors (Lipinski definition) is 22. The average Bonchev–Trinajstić information content (AvgIpc) is 3.67. The summed E-state index contributed by atoms with van der Waals surface area (Å²) in [5, 5.41) is 94.5. The van der Waals surface area contributed by atoms with Gasteiger partial charge in [0, 0.05) is 19.4 Å². The van der Waals surface area contributed by atoms with E-state index in [1.54, 1.807) is 13.8 Å². The molecule has 0 aliphatic carbocycles. The van der Waals surface area contributed by atoms with E-state index in [1.807, 2.05) is 0 Å². The van der Waals surface area contributed by atoms with Gasteiger partial charge in [0.1, 0.15) is 72.2 Å². The van der Waals surface area contributed by atoms with Crippen LogP contribution in [-0.4, -0.2) is 231 Å². The number of aliphatic hydroxyl groups is 5. The molecule has 88 heavy (non-hydrogen) atoms. The molecule has 0 radical (unpaired) electrons. The number of carboxylic acids is 1. The van der Waals surface area contributed by atoms with Crippen molar-refractivity contribution < 1.29 is 98.1 Å². The number of aliphatic imine (C=N–C) groups is 1. The van der Waals surface area contributed by atoms with Crippen LogP contribution in [0.2, 0.25) is 0 Å². The van der Waals surface area contributed by atoms with Crippen molar-refractivity contribution in [1.29, 1.82) is 0 Å². The van der Waals surface area contributed by atoms with Gasteiger partial charge in [-0.25, -0.2) is 0 Å². The van der Waals surface area contributed by atoms with E-state index < -0.39 is 201 Å². The van der Waals surface area contributed by atoms with Crippen LogP contribution in [0.15, 0.2) is 29.3 Å². The summed E-state index contributed by atoms with van der Waals surface area (Å²) in [5.74, 6) is -15.9. The second kappa shape index (κ2) is 39.1. The number of phenolic OH excluding ortho intramolecular Hbond substituents is 1. The molecule has 0 unspecified atom stereocenters. The summed E-state index contributed by atoms with van der Waals surface area (Å²) in [6.45, 7) is 3.15. The van der Waals surface area contributed by atoms with E-state index >= 15 is 0 Å². The third kappa shape index (κ3) is 27.7. The van der Waals surface area contributed by atoms with Crippen LogP contribution in [0.25, 0.3) is 0 Å². The van der Waals surface area contributed by atoms with Crippen molar-refractivity contribution in [3.05, 3.63) is 29.8 Å². The zero-order valence-electron chi connectivity index (χ0n) is 49.6. The molecule has 1 rings (SSSR count). The molecular formula is C52H86N16O20. The highest BCUT2D eigenvalue weighted by molar-refractivity contribution is 5.99. The molecule has 0 bridgehead atoms. The Morgan fingerprint density at radius 1 is 0.455 bits per heavy atom. The zero-order valence-corrected chi connectivity index (χ0v) is 49.6. The molecule has 0 heterocycles. The first kappa shape index (κ1) is 77.2. The van der Waals surface area contributed by atoms with Crippen LogP contribution in [0.5, 0.6) is 5.75 Å². The molecule has 26 N–H and O–H groups in total. The third-order valence-electron chi connectivity index (χ3n) is 12.8. The first-order chi connectivity index (χ1) is 41.2. The van der Waals surface area contributed by atoms with Gasteiger partial charge in [-0.3, -0.25) is 67.3 Å². The third-order valence-corrected chi connectivity index (χ3v) is 12.8. The molecule has 0 aliphatic rings. The molecule has 1 aromatic carbocycles. The number of aliphatic carboxylic acids is 1. The van der Waals surface area contributed by atoms with Crippen molar-refractivity contribution in [1.82, 2.24) is 58.5 Å². The van der Waals surface area contributed by atoms with Crippen molar-refractivity contribution in [2.45, 2.75) is 153 Å². The topological polar surface area (TPSA) is 612 Å². The van der Waals surface area contributed by atoms with Gasteiger partial charge in [-0.05, 0) is 69.1 Å². The van der Waals surface area contributed by atoms with Crippen LogP contribution in [0.4, 0.5) is 0 Å². The minimum Gasteiger partial charge on any atom is -0.508 e. The molecule has 0 fully saturated rings. The Hall–Kier alpha value is -8.84. The lowest BCUT2D eigenvalue weighted by molar-refractivity contribution is -0.142. The van der Waals surface area contributed by atoms with Crippen molar-refractivity contribution in [3.8, 4) is 5.75 Å². The first-order valence-corrected chi connectivity index (χ1v) is 27.7. The maximum Gasteiger partial charge on any atom is 0.325 e. The number of aliphatic hydroxyl groups excluding tert-OH is 5. The lowest BCUT2D eigenvalue weighted by Crippen LogP contribution is -2.62. The highest BCUT2D eigenvalue weighted by atomic mass is 16.4. The van der Waals surface area contributed by atoms with Gasteiger partial charge in [0.25, 0.3) is 0 Å². The van der Waals surface area contributed by atoms with E-state index in [-0.39, 0.29) is 43.4 Å². The van der Waals surface area contributed by atoms with Gasteiger partial charge < -0.3 is 117 Å². The lowest BCUT2D eigenvalue weighted by atomic mass is 10.0. The van der Waals surface area contributed by atoms with Crippen LogP contribution in [0, 0.1) is 11.8 Å². The summed E-state index contributed by atoms with van der Waals surface area (Å²) >= 11 is 0. The number of carbonyl (C=O) groups excluding carboxylic acids is 12. The number of phenols is 1. The van der Waals surface area contributed by atoms with E-state index in [0.29, 0.717) is 12.0 Å². The largest absolute Gasteiger partial charge is 0.508 e. The predicted molar refractivity (Wildman–Crippen MR) is 308 cm³/mol. The number of hydrogen-bond acceptors (Lipinski definition) is 21. The quantitative estimate of drug-likeness (QED) is 0.0165. The molecule has 12 amide bonds. The van der Waals surface area contributed by atoms with Crippen molar-refractivity contribution in [2.75, 3.05) is 39.6 Å². The van der Waals surface area contributed by atoms with Crippen LogP contribution in [0.3, 0.4) is 0 Å². The fourth-order valence-corrected chi connectivity index (χ4v) is 7.70. The van der Waals surface area contributed by atoms with Crippen LogP contribution >= 0.6 is 0 Å². The second-order valence-corrected chi connectivity index (χ2v) is 21.0. The van der Waals surface area contributed by atoms with Crippen molar-refractivity contribution in [3.63, 3.8) is 0 Å². The van der Waals surface area contributed by atoms with Gasteiger partial charge in [0.15, 0.2) is 5.96 Å². The normalized spacial score (nSPS) is 15.2. The van der Waals surface area contributed by atoms with Gasteiger partial charge >= 0.3 is 5.97 Å². The van der Waals surface area contributed by atoms with Gasteiger partial charge in [-0.2, -0.15) is 0 Å². The molecule has 36 heteroatoms. The monoisotopic (exact) mass is 1250 g/mol. The summed E-state index contributed by atoms with van der Waals surface area (Å²) in [6, 6.07) is -14.1. The van der Waals surface area contributed by atoms with Gasteiger partial charge in [-0.1, -0.05) is 39.8 Å². The number of carbonyl (C=O) groups is 13. The number of amides is 12. The van der Waals surface area contributed by atoms with Crippen LogP contribution < -0.4 is 81.4 Å². The Morgan fingerprint density at radius 2 is 0.830 bits per heavy atom. The fraction of sp³-hybridized carbons (Fsp3) is 0.615. The SMILES string of the molecule is CC(C)C[C@H](NC(=O)[C@H](Cc1ccc(O)cc1)NC(=O)[C@H](CO)NC(=O)[C@H](CO)NC(=O)[C@H](CO)NC(=O)[C@@H](NC(=O)[C@H](CO)NC(=O)[C@H](CCC(N)=O)NC(=O)[C@H](CO)NC(=O)[C@H](C)NC(=O)[C@@H](N)CCCN=C(N)N)C(C)C)C(=O)N[C@@H](C)C(=O)O. The van der Waals surface area contributed by atoms with E-state index in [0.717, 1.165) is 0 Å². The van der Waals surface area contributed by atoms with Crippen molar-refractivity contribution >= 4 is 82.8 Å². The number of nitrogens with two attached hydrogens (primary N) is 4. The molecule has 0 aromatic heterocycles. The smallest absolute Gasteiger partial charge is 0.325 e. The van der Waals surface area contributed by atoms with E-state index in [4.69, 9.17) is 22.9 Å². The van der Waals surface area contributed by atoms with E-state index in [2.05, 4.69) is 63.5 Å². The number of nitrogens with zero attached hydrogens (tertiary/aromatic N) is 1. The molecule has 0 spiro atoms. The number of guanidine groups is 1. The lowest BCUT2D eigenvalue weighted by Gasteiger charge is -2.28. The maximum atomic E-state index is 13.8. The van der Waals surface area contributed by atoms with Gasteiger partial charge in [0.05, 0.1) is 39.1 Å². The summed E-state index contributed by atoms with van der Waals surface area (Å²) in [4.78, 5) is 174. The molecule has 494 valence electrons. The Kier molecular flexibility index (Phi) is 34.2. The Labute approximate surface area is 505 Å². The Morgan fingerprint density at radius 3 is 1.25 bits per heavy atom. The molecule has 0 saturated carbocycles. The molecule has 0 saturated heterocycles. The summed E-state index contributed by atoms with van der Waals surface area (Å²) in [6.07, 6.45) is -0.919. The number of carboxylic acid groups (broad SMARTS) is 1. The average molecular weight is 1260 g/mol. The molecule has 0 aliphatic heterocycles. The highest BCUT2D eigenvalue weighted by Crippen LogP contribution is 2.14. The predicted octanol–water partition coefficient (Wildman–Crippen LogP) is -10.3. The van der Waals surface area contributed by atoms with Crippen LogP contribution in [0.1, 0.15) is 79.2 Å². The Bertz CT molecular complexity index is 2590. The summed E-state index contributed by atoms with van der Waals surface area (Å²) in [7, 11) is 0.